The van der Waals surface area contributed by atoms with Gasteiger partial charge in [0.2, 0.25) is 0 Å². The molecular weight excluding hydrogens is 346 g/mol. The van der Waals surface area contributed by atoms with Crippen LogP contribution in [0.4, 0.5) is 5.13 Å². The molecule has 0 fully saturated rings. The minimum absolute atomic E-state index is 0.172. The number of anilines is 1. The topological polar surface area (TPSA) is 64.1 Å². The first-order chi connectivity index (χ1) is 11.7. The van der Waals surface area contributed by atoms with E-state index in [4.69, 9.17) is 16.3 Å². The Morgan fingerprint density at radius 3 is 3.12 bits per heavy atom. The summed E-state index contributed by atoms with van der Waals surface area (Å²) >= 11 is 7.31. The number of thiazole rings is 1. The normalized spacial score (nSPS) is 12.5. The lowest BCUT2D eigenvalue weighted by Gasteiger charge is -2.03. The fourth-order valence-corrected chi connectivity index (χ4v) is 3.45. The van der Waals surface area contributed by atoms with Crippen LogP contribution >= 0.6 is 22.9 Å². The molecule has 5 nitrogen and oxygen atoms in total. The van der Waals surface area contributed by atoms with E-state index < -0.39 is 0 Å². The summed E-state index contributed by atoms with van der Waals surface area (Å²) in [6.45, 7) is 0.725. The van der Waals surface area contributed by atoms with Crippen LogP contribution < -0.4 is 10.1 Å². The summed E-state index contributed by atoms with van der Waals surface area (Å²) in [5.74, 6) is 0.616. The second-order valence-electron chi connectivity index (χ2n) is 5.25. The third-order valence-corrected chi connectivity index (χ3v) is 4.77. The van der Waals surface area contributed by atoms with Crippen LogP contribution in [0.3, 0.4) is 0 Å². The molecule has 7 heteroatoms. The second kappa shape index (κ2) is 6.22. The SMILES string of the molecule is O=C(Nc1nc(-c2ccc3c(c2)CCO3)cs1)c1cccnc1Cl. The highest BCUT2D eigenvalue weighted by Gasteiger charge is 2.16. The number of amides is 1. The van der Waals surface area contributed by atoms with Crippen molar-refractivity contribution in [3.05, 3.63) is 58.2 Å². The quantitative estimate of drug-likeness (QED) is 0.718. The van der Waals surface area contributed by atoms with Crippen molar-refractivity contribution in [2.45, 2.75) is 6.42 Å². The first kappa shape index (κ1) is 15.1. The van der Waals surface area contributed by atoms with Crippen LogP contribution in [0.15, 0.2) is 41.9 Å². The molecule has 0 saturated carbocycles. The van der Waals surface area contributed by atoms with Crippen molar-refractivity contribution in [2.24, 2.45) is 0 Å². The van der Waals surface area contributed by atoms with E-state index >= 15 is 0 Å². The molecular formula is C17H12ClN3O2S. The first-order valence-electron chi connectivity index (χ1n) is 7.34. The van der Waals surface area contributed by atoms with Crippen molar-refractivity contribution in [1.29, 1.82) is 0 Å². The first-order valence-corrected chi connectivity index (χ1v) is 8.60. The molecule has 3 aromatic rings. The van der Waals surface area contributed by atoms with Crippen LogP contribution in [0.25, 0.3) is 11.3 Å². The van der Waals surface area contributed by atoms with Gasteiger partial charge in [0.25, 0.3) is 5.91 Å². The van der Waals surface area contributed by atoms with Crippen LogP contribution in [-0.4, -0.2) is 22.5 Å². The zero-order chi connectivity index (χ0) is 16.5. The number of nitrogens with zero attached hydrogens (tertiary/aromatic N) is 2. The van der Waals surface area contributed by atoms with E-state index in [-0.39, 0.29) is 11.1 Å². The van der Waals surface area contributed by atoms with E-state index in [0.717, 1.165) is 30.0 Å². The molecule has 1 amide bonds. The van der Waals surface area contributed by atoms with Gasteiger partial charge in [-0.3, -0.25) is 10.1 Å². The van der Waals surface area contributed by atoms with Gasteiger partial charge in [-0.05, 0) is 35.9 Å². The Morgan fingerprint density at radius 1 is 1.33 bits per heavy atom. The van der Waals surface area contributed by atoms with Crippen LogP contribution in [0.1, 0.15) is 15.9 Å². The van der Waals surface area contributed by atoms with Crippen molar-refractivity contribution in [3.63, 3.8) is 0 Å². The maximum atomic E-state index is 12.2. The molecule has 0 saturated heterocycles. The van der Waals surface area contributed by atoms with Gasteiger partial charge < -0.3 is 4.74 Å². The zero-order valence-electron chi connectivity index (χ0n) is 12.5. The summed E-state index contributed by atoms with van der Waals surface area (Å²) in [6, 6.07) is 9.31. The summed E-state index contributed by atoms with van der Waals surface area (Å²) in [6.07, 6.45) is 2.45. The number of nitrogens with one attached hydrogen (secondary N) is 1. The highest BCUT2D eigenvalue weighted by atomic mass is 35.5. The van der Waals surface area contributed by atoms with Crippen LogP contribution in [0, 0.1) is 0 Å². The largest absolute Gasteiger partial charge is 0.493 e. The number of carbonyl (C=O) groups excluding carboxylic acids is 1. The Balaban J connectivity index is 1.55. The Labute approximate surface area is 147 Å². The highest BCUT2D eigenvalue weighted by molar-refractivity contribution is 7.14. The summed E-state index contributed by atoms with van der Waals surface area (Å²) in [5.41, 5.74) is 3.34. The van der Waals surface area contributed by atoms with Crippen molar-refractivity contribution in [2.75, 3.05) is 11.9 Å². The Bertz CT molecular complexity index is 926. The fraction of sp³-hybridized carbons (Fsp3) is 0.118. The van der Waals surface area contributed by atoms with Gasteiger partial charge in [-0.25, -0.2) is 9.97 Å². The average molecular weight is 358 g/mol. The Kier molecular flexibility index (Phi) is 3.92. The predicted molar refractivity (Wildman–Crippen MR) is 93.9 cm³/mol. The van der Waals surface area contributed by atoms with Crippen molar-refractivity contribution in [3.8, 4) is 17.0 Å². The van der Waals surface area contributed by atoms with E-state index in [1.54, 1.807) is 12.1 Å². The fourth-order valence-electron chi connectivity index (χ4n) is 2.53. The predicted octanol–water partition coefficient (Wildman–Crippen LogP) is 4.05. The van der Waals surface area contributed by atoms with Crippen molar-refractivity contribution in [1.82, 2.24) is 9.97 Å². The number of fused-ring (bicyclic) bond motifs is 1. The van der Waals surface area contributed by atoms with E-state index in [1.165, 1.54) is 23.1 Å². The van der Waals surface area contributed by atoms with Crippen molar-refractivity contribution >= 4 is 34.0 Å². The molecule has 3 heterocycles. The molecule has 0 unspecified atom stereocenters. The summed E-state index contributed by atoms with van der Waals surface area (Å²) in [4.78, 5) is 20.6. The molecule has 1 aliphatic rings. The minimum Gasteiger partial charge on any atom is -0.493 e. The van der Waals surface area contributed by atoms with E-state index in [9.17, 15) is 4.79 Å². The maximum absolute atomic E-state index is 12.2. The van der Waals surface area contributed by atoms with Gasteiger partial charge in [0.15, 0.2) is 5.13 Å². The molecule has 0 spiro atoms. The molecule has 0 atom stereocenters. The second-order valence-corrected chi connectivity index (χ2v) is 6.47. The lowest BCUT2D eigenvalue weighted by molar-refractivity contribution is 0.102. The number of aromatic nitrogens is 2. The molecule has 1 aliphatic heterocycles. The molecule has 120 valence electrons. The van der Waals surface area contributed by atoms with Crippen LogP contribution in [0.2, 0.25) is 5.15 Å². The van der Waals surface area contributed by atoms with Gasteiger partial charge in [0, 0.05) is 23.6 Å². The molecule has 0 radical (unpaired) electrons. The van der Waals surface area contributed by atoms with E-state index in [2.05, 4.69) is 21.4 Å². The summed E-state index contributed by atoms with van der Waals surface area (Å²) in [5, 5.41) is 5.37. The van der Waals surface area contributed by atoms with Crippen LogP contribution in [0.5, 0.6) is 5.75 Å². The van der Waals surface area contributed by atoms with E-state index in [1.807, 2.05) is 17.5 Å². The lowest BCUT2D eigenvalue weighted by atomic mass is 10.1. The molecule has 0 bridgehead atoms. The van der Waals surface area contributed by atoms with Gasteiger partial charge in [0.05, 0.1) is 17.9 Å². The monoisotopic (exact) mass is 357 g/mol. The number of benzene rings is 1. The third-order valence-electron chi connectivity index (χ3n) is 3.71. The summed E-state index contributed by atoms with van der Waals surface area (Å²) in [7, 11) is 0. The van der Waals surface area contributed by atoms with E-state index in [0.29, 0.717) is 10.7 Å². The smallest absolute Gasteiger partial charge is 0.260 e. The molecule has 2 aromatic heterocycles. The molecule has 24 heavy (non-hydrogen) atoms. The average Bonchev–Trinajstić information content (AvgIpc) is 3.23. The molecule has 1 N–H and O–H groups in total. The Morgan fingerprint density at radius 2 is 2.25 bits per heavy atom. The lowest BCUT2D eigenvalue weighted by Crippen LogP contribution is -2.12. The van der Waals surface area contributed by atoms with Gasteiger partial charge in [0.1, 0.15) is 10.9 Å². The van der Waals surface area contributed by atoms with Gasteiger partial charge >= 0.3 is 0 Å². The van der Waals surface area contributed by atoms with Gasteiger partial charge in [-0.2, -0.15) is 0 Å². The Hall–Kier alpha value is -2.44. The third kappa shape index (κ3) is 2.86. The molecule has 0 aliphatic carbocycles. The minimum atomic E-state index is -0.323. The maximum Gasteiger partial charge on any atom is 0.260 e. The van der Waals surface area contributed by atoms with Crippen molar-refractivity contribution < 1.29 is 9.53 Å². The number of hydrogen-bond donors (Lipinski definition) is 1. The molecule has 4 rings (SSSR count). The standard InChI is InChI=1S/C17H12ClN3O2S/c18-15-12(2-1-6-19-15)16(22)21-17-20-13(9-24-17)10-3-4-14-11(8-10)5-7-23-14/h1-4,6,8-9H,5,7H2,(H,20,21,22). The number of ether oxygens (including phenoxy) is 1. The number of carbonyl (C=O) groups is 1. The summed E-state index contributed by atoms with van der Waals surface area (Å²) < 4.78 is 5.51. The number of hydrogen-bond acceptors (Lipinski definition) is 5. The number of pyridine rings is 1. The molecule has 1 aromatic carbocycles. The highest BCUT2D eigenvalue weighted by Crippen LogP contribution is 2.32. The van der Waals surface area contributed by atoms with Gasteiger partial charge in [-0.1, -0.05) is 11.6 Å². The van der Waals surface area contributed by atoms with Crippen LogP contribution in [-0.2, 0) is 6.42 Å². The zero-order valence-corrected chi connectivity index (χ0v) is 14.0. The van der Waals surface area contributed by atoms with Gasteiger partial charge in [-0.15, -0.1) is 11.3 Å². The number of rotatable bonds is 3. The number of halogens is 1.